The lowest BCUT2D eigenvalue weighted by molar-refractivity contribution is 0.0180. The highest BCUT2D eigenvalue weighted by Gasteiger charge is 2.16. The fourth-order valence-corrected chi connectivity index (χ4v) is 1.22. The highest BCUT2D eigenvalue weighted by molar-refractivity contribution is 4.70. The number of nitrogens with zero attached hydrogens (tertiary/aromatic N) is 1. The maximum Gasteiger partial charge on any atom is 0.120 e. The molecule has 1 N–H and O–H groups in total. The van der Waals surface area contributed by atoms with Gasteiger partial charge in [0.1, 0.15) is 6.23 Å². The van der Waals surface area contributed by atoms with Crippen molar-refractivity contribution < 1.29 is 4.74 Å². The largest absolute Gasteiger partial charge is 0.365 e. The molecule has 1 atom stereocenters. The fraction of sp³-hybridized carbons (Fsp3) is 1.00. The molecule has 1 aliphatic heterocycles. The van der Waals surface area contributed by atoms with E-state index in [1.807, 2.05) is 0 Å². The van der Waals surface area contributed by atoms with Crippen molar-refractivity contribution in [1.82, 2.24) is 10.2 Å². The van der Waals surface area contributed by atoms with Gasteiger partial charge in [-0.2, -0.15) is 0 Å². The molecule has 0 amide bonds. The van der Waals surface area contributed by atoms with Crippen LogP contribution in [0.5, 0.6) is 0 Å². The van der Waals surface area contributed by atoms with Gasteiger partial charge in [0.25, 0.3) is 0 Å². The van der Waals surface area contributed by atoms with Gasteiger partial charge in [0.15, 0.2) is 0 Å². The molecule has 1 rings (SSSR count). The molecule has 1 unspecified atom stereocenters. The van der Waals surface area contributed by atoms with Gasteiger partial charge >= 0.3 is 0 Å². The summed E-state index contributed by atoms with van der Waals surface area (Å²) in [4.78, 5) is 2.38. The van der Waals surface area contributed by atoms with Gasteiger partial charge in [-0.05, 0) is 6.54 Å². The van der Waals surface area contributed by atoms with Gasteiger partial charge in [-0.25, -0.2) is 0 Å². The maximum absolute atomic E-state index is 5.17. The van der Waals surface area contributed by atoms with Crippen molar-refractivity contribution in [2.45, 2.75) is 13.2 Å². The van der Waals surface area contributed by atoms with Crippen LogP contribution >= 0.6 is 0 Å². The molecule has 0 radical (unpaired) electrons. The lowest BCUT2D eigenvalue weighted by Crippen LogP contribution is -2.51. The van der Waals surface area contributed by atoms with Crippen molar-refractivity contribution in [3.05, 3.63) is 0 Å². The Morgan fingerprint density at radius 2 is 2.50 bits per heavy atom. The quantitative estimate of drug-likeness (QED) is 0.585. The summed E-state index contributed by atoms with van der Waals surface area (Å²) in [6.07, 6.45) is 0.244. The van der Waals surface area contributed by atoms with E-state index in [1.165, 1.54) is 0 Å². The standard InChI is InChI=1S/C7H16N2O/c1-3-9-5-4-8-7(6-9)10-2/h7-8H,3-6H2,1-2H3. The molecular formula is C7H16N2O. The number of ether oxygens (including phenoxy) is 1. The molecule has 1 heterocycles. The average molecular weight is 144 g/mol. The second-order valence-corrected chi connectivity index (χ2v) is 2.57. The molecule has 60 valence electrons. The van der Waals surface area contributed by atoms with E-state index in [-0.39, 0.29) is 6.23 Å². The molecule has 0 aromatic heterocycles. The topological polar surface area (TPSA) is 24.5 Å². The second kappa shape index (κ2) is 3.91. The summed E-state index contributed by atoms with van der Waals surface area (Å²) in [5, 5.41) is 3.27. The van der Waals surface area contributed by atoms with Crippen molar-refractivity contribution in [3.8, 4) is 0 Å². The Morgan fingerprint density at radius 1 is 1.70 bits per heavy atom. The molecule has 1 fully saturated rings. The Labute approximate surface area is 62.3 Å². The van der Waals surface area contributed by atoms with Crippen molar-refractivity contribution in [2.24, 2.45) is 0 Å². The van der Waals surface area contributed by atoms with E-state index in [0.717, 1.165) is 26.2 Å². The van der Waals surface area contributed by atoms with E-state index < -0.39 is 0 Å². The first-order valence-electron chi connectivity index (χ1n) is 3.85. The van der Waals surface area contributed by atoms with Gasteiger partial charge in [0.2, 0.25) is 0 Å². The van der Waals surface area contributed by atoms with E-state index in [2.05, 4.69) is 17.1 Å². The summed E-state index contributed by atoms with van der Waals surface area (Å²) < 4.78 is 5.17. The first kappa shape index (κ1) is 7.98. The van der Waals surface area contributed by atoms with Gasteiger partial charge < -0.3 is 4.74 Å². The molecule has 1 aliphatic rings. The Hall–Kier alpha value is -0.120. The third kappa shape index (κ3) is 1.94. The zero-order valence-electron chi connectivity index (χ0n) is 6.76. The van der Waals surface area contributed by atoms with Crippen LogP contribution in [0.4, 0.5) is 0 Å². The Balaban J connectivity index is 2.25. The SMILES string of the molecule is CCN1CCNC(OC)C1. The highest BCUT2D eigenvalue weighted by Crippen LogP contribution is 1.97. The normalized spacial score (nSPS) is 28.8. The first-order valence-corrected chi connectivity index (χ1v) is 3.85. The van der Waals surface area contributed by atoms with Crippen LogP contribution in [0, 0.1) is 0 Å². The molecule has 3 heteroatoms. The van der Waals surface area contributed by atoms with Gasteiger partial charge in [-0.3, -0.25) is 10.2 Å². The average Bonchev–Trinajstić information content (AvgIpc) is 2.05. The smallest absolute Gasteiger partial charge is 0.120 e. The summed E-state index contributed by atoms with van der Waals surface area (Å²) in [5.41, 5.74) is 0. The minimum Gasteiger partial charge on any atom is -0.365 e. The van der Waals surface area contributed by atoms with Crippen LogP contribution in [0.3, 0.4) is 0 Å². The number of hydrogen-bond donors (Lipinski definition) is 1. The number of likely N-dealkylation sites (N-methyl/N-ethyl adjacent to an activating group) is 1. The van der Waals surface area contributed by atoms with E-state index in [1.54, 1.807) is 7.11 Å². The molecule has 0 aromatic carbocycles. The lowest BCUT2D eigenvalue weighted by atomic mass is 10.3. The molecule has 3 nitrogen and oxygen atoms in total. The highest BCUT2D eigenvalue weighted by atomic mass is 16.5. The van der Waals surface area contributed by atoms with Crippen molar-refractivity contribution in [3.63, 3.8) is 0 Å². The van der Waals surface area contributed by atoms with Gasteiger partial charge in [-0.1, -0.05) is 6.92 Å². The number of piperazine rings is 1. The number of nitrogens with one attached hydrogen (secondary N) is 1. The fourth-order valence-electron chi connectivity index (χ4n) is 1.22. The first-order chi connectivity index (χ1) is 4.86. The van der Waals surface area contributed by atoms with Crippen LogP contribution in [0.1, 0.15) is 6.92 Å². The molecule has 0 aliphatic carbocycles. The van der Waals surface area contributed by atoms with Gasteiger partial charge in [0.05, 0.1) is 0 Å². The predicted molar refractivity (Wildman–Crippen MR) is 40.9 cm³/mol. The number of hydrogen-bond acceptors (Lipinski definition) is 3. The molecular weight excluding hydrogens is 128 g/mol. The van der Waals surface area contributed by atoms with Crippen LogP contribution in [-0.2, 0) is 4.74 Å². The molecule has 10 heavy (non-hydrogen) atoms. The number of rotatable bonds is 2. The van der Waals surface area contributed by atoms with Crippen LogP contribution in [-0.4, -0.2) is 44.4 Å². The minimum atomic E-state index is 0.244. The summed E-state index contributed by atoms with van der Waals surface area (Å²) in [6.45, 7) is 6.52. The minimum absolute atomic E-state index is 0.244. The van der Waals surface area contributed by atoms with Gasteiger partial charge in [-0.15, -0.1) is 0 Å². The van der Waals surface area contributed by atoms with Gasteiger partial charge in [0, 0.05) is 26.7 Å². The van der Waals surface area contributed by atoms with Crippen LogP contribution < -0.4 is 5.32 Å². The zero-order chi connectivity index (χ0) is 7.40. The molecule has 1 saturated heterocycles. The summed E-state index contributed by atoms with van der Waals surface area (Å²) in [7, 11) is 1.75. The van der Waals surface area contributed by atoms with Crippen molar-refractivity contribution in [2.75, 3.05) is 33.3 Å². The van der Waals surface area contributed by atoms with Crippen molar-refractivity contribution in [1.29, 1.82) is 0 Å². The number of methoxy groups -OCH3 is 1. The third-order valence-corrected chi connectivity index (χ3v) is 1.96. The zero-order valence-corrected chi connectivity index (χ0v) is 6.76. The summed E-state index contributed by atoms with van der Waals surface area (Å²) in [6, 6.07) is 0. The van der Waals surface area contributed by atoms with E-state index in [4.69, 9.17) is 4.74 Å². The van der Waals surface area contributed by atoms with E-state index in [0.29, 0.717) is 0 Å². The lowest BCUT2D eigenvalue weighted by Gasteiger charge is -2.31. The molecule has 0 bridgehead atoms. The Bertz CT molecular complexity index is 87.6. The van der Waals surface area contributed by atoms with E-state index >= 15 is 0 Å². The van der Waals surface area contributed by atoms with Crippen LogP contribution in [0.25, 0.3) is 0 Å². The Kier molecular flexibility index (Phi) is 3.12. The molecule has 0 saturated carbocycles. The van der Waals surface area contributed by atoms with Crippen LogP contribution in [0.2, 0.25) is 0 Å². The maximum atomic E-state index is 5.17. The third-order valence-electron chi connectivity index (χ3n) is 1.96. The summed E-state index contributed by atoms with van der Waals surface area (Å²) in [5.74, 6) is 0. The van der Waals surface area contributed by atoms with Crippen LogP contribution in [0.15, 0.2) is 0 Å². The molecule has 0 spiro atoms. The Morgan fingerprint density at radius 3 is 3.10 bits per heavy atom. The predicted octanol–water partition coefficient (Wildman–Crippen LogP) is -0.116. The monoisotopic (exact) mass is 144 g/mol. The molecule has 0 aromatic rings. The van der Waals surface area contributed by atoms with Crippen molar-refractivity contribution >= 4 is 0 Å². The van der Waals surface area contributed by atoms with E-state index in [9.17, 15) is 0 Å². The second-order valence-electron chi connectivity index (χ2n) is 2.57. The summed E-state index contributed by atoms with van der Waals surface area (Å²) >= 11 is 0.